The van der Waals surface area contributed by atoms with Gasteiger partial charge in [0.15, 0.2) is 0 Å². The van der Waals surface area contributed by atoms with Crippen LogP contribution in [0.2, 0.25) is 0 Å². The Morgan fingerprint density at radius 3 is 1.89 bits per heavy atom. The van der Waals surface area contributed by atoms with Crippen molar-refractivity contribution in [3.8, 4) is 11.5 Å². The van der Waals surface area contributed by atoms with Crippen molar-refractivity contribution in [1.82, 2.24) is 5.32 Å². The number of ether oxygens (including phenoxy) is 2. The number of carbonyl (C=O) groups excluding carboxylic acids is 2. The highest BCUT2D eigenvalue weighted by atomic mass is 16.5. The molecule has 4 aromatic carbocycles. The summed E-state index contributed by atoms with van der Waals surface area (Å²) in [6.07, 6.45) is 2.31. The number of rotatable bonds is 12. The van der Waals surface area contributed by atoms with Crippen LogP contribution in [0.15, 0.2) is 72.8 Å². The van der Waals surface area contributed by atoms with Gasteiger partial charge in [-0.2, -0.15) is 0 Å². The molecule has 0 spiro atoms. The van der Waals surface area contributed by atoms with Crippen LogP contribution in [-0.2, 0) is 22.4 Å². The first-order valence-corrected chi connectivity index (χ1v) is 12.2. The monoisotopic (exact) mass is 484 g/mol. The molecule has 0 radical (unpaired) electrons. The summed E-state index contributed by atoms with van der Waals surface area (Å²) >= 11 is 0. The maximum atomic E-state index is 11.2. The van der Waals surface area contributed by atoms with Crippen LogP contribution >= 0.6 is 0 Å². The number of amides is 1. The summed E-state index contributed by atoms with van der Waals surface area (Å²) in [6.45, 7) is 3.26. The molecule has 0 aliphatic rings. The molecule has 6 heteroatoms. The smallest absolute Gasteiger partial charge is 0.216 e. The molecule has 0 fully saturated rings. The molecule has 0 aliphatic heterocycles. The van der Waals surface area contributed by atoms with Crippen LogP contribution in [0, 0.1) is 0 Å². The van der Waals surface area contributed by atoms with Crippen LogP contribution in [0.1, 0.15) is 30.9 Å². The predicted molar refractivity (Wildman–Crippen MR) is 139 cm³/mol. The van der Waals surface area contributed by atoms with Gasteiger partial charge in [0, 0.05) is 25.9 Å². The van der Waals surface area contributed by atoms with E-state index in [-0.39, 0.29) is 12.3 Å². The molecular weight excluding hydrogens is 454 g/mol. The average molecular weight is 485 g/mol. The van der Waals surface area contributed by atoms with E-state index in [9.17, 15) is 14.7 Å². The van der Waals surface area contributed by atoms with Crippen molar-refractivity contribution in [3.05, 3.63) is 83.9 Å². The second-order valence-electron chi connectivity index (χ2n) is 8.79. The number of carboxylic acid groups (broad SMARTS) is 1. The first kappa shape index (κ1) is 25.0. The van der Waals surface area contributed by atoms with Crippen LogP contribution in [-0.4, -0.2) is 31.6 Å². The Balaban J connectivity index is 1.27. The van der Waals surface area contributed by atoms with Gasteiger partial charge in [-0.3, -0.25) is 4.79 Å². The van der Waals surface area contributed by atoms with Crippen LogP contribution in [0.25, 0.3) is 21.5 Å². The minimum atomic E-state index is -1.10. The maximum Gasteiger partial charge on any atom is 0.216 e. The number of hydrogen-bond acceptors (Lipinski definition) is 5. The quantitative estimate of drug-likeness (QED) is 0.305. The fraction of sp³-hybridized carbons (Fsp3) is 0.267. The first-order chi connectivity index (χ1) is 17.5. The SMILES string of the molecule is CC(=O)NCCc1cccc2ccc(OCCCCOc3ccc4cccc(CC(=O)[O-])c4c3)cc12. The van der Waals surface area contributed by atoms with Crippen molar-refractivity contribution >= 4 is 33.4 Å². The normalized spacial score (nSPS) is 10.9. The van der Waals surface area contributed by atoms with E-state index in [1.54, 1.807) is 6.07 Å². The highest BCUT2D eigenvalue weighted by molar-refractivity contribution is 5.89. The number of carboxylic acids is 1. The molecule has 0 aliphatic carbocycles. The van der Waals surface area contributed by atoms with E-state index in [0.717, 1.165) is 57.9 Å². The van der Waals surface area contributed by atoms with Gasteiger partial charge in [-0.25, -0.2) is 0 Å². The number of unbranched alkanes of at least 4 members (excludes halogenated alkanes) is 1. The summed E-state index contributed by atoms with van der Waals surface area (Å²) in [6, 6.07) is 23.6. The third-order valence-corrected chi connectivity index (χ3v) is 6.07. The molecular formula is C30H30NO5-. The van der Waals surface area contributed by atoms with E-state index >= 15 is 0 Å². The topological polar surface area (TPSA) is 87.7 Å². The van der Waals surface area contributed by atoms with Crippen LogP contribution in [0.3, 0.4) is 0 Å². The lowest BCUT2D eigenvalue weighted by Crippen LogP contribution is -2.24. The lowest BCUT2D eigenvalue weighted by Gasteiger charge is -2.12. The van der Waals surface area contributed by atoms with Gasteiger partial charge in [0.25, 0.3) is 0 Å². The fourth-order valence-electron chi connectivity index (χ4n) is 4.30. The Morgan fingerprint density at radius 1 is 0.778 bits per heavy atom. The van der Waals surface area contributed by atoms with Crippen LogP contribution in [0.4, 0.5) is 0 Å². The Morgan fingerprint density at radius 2 is 1.33 bits per heavy atom. The zero-order valence-corrected chi connectivity index (χ0v) is 20.4. The van der Waals surface area contributed by atoms with Crippen molar-refractivity contribution in [1.29, 1.82) is 0 Å². The van der Waals surface area contributed by atoms with Crippen molar-refractivity contribution in [3.63, 3.8) is 0 Å². The van der Waals surface area contributed by atoms with Gasteiger partial charge < -0.3 is 24.7 Å². The summed E-state index contributed by atoms with van der Waals surface area (Å²) in [4.78, 5) is 22.2. The van der Waals surface area contributed by atoms with E-state index in [1.807, 2.05) is 42.5 Å². The van der Waals surface area contributed by atoms with E-state index in [2.05, 4.69) is 29.6 Å². The molecule has 4 rings (SSSR count). The summed E-state index contributed by atoms with van der Waals surface area (Å²) in [7, 11) is 0. The highest BCUT2D eigenvalue weighted by Crippen LogP contribution is 2.26. The van der Waals surface area contributed by atoms with Crippen molar-refractivity contribution in [2.45, 2.75) is 32.6 Å². The zero-order valence-electron chi connectivity index (χ0n) is 20.4. The zero-order chi connectivity index (χ0) is 25.3. The number of benzene rings is 4. The third-order valence-electron chi connectivity index (χ3n) is 6.07. The minimum absolute atomic E-state index is 0.0238. The molecule has 1 N–H and O–H groups in total. The molecule has 36 heavy (non-hydrogen) atoms. The van der Waals surface area contributed by atoms with E-state index < -0.39 is 5.97 Å². The number of hydrogen-bond donors (Lipinski definition) is 1. The Labute approximate surface area is 210 Å². The van der Waals surface area contributed by atoms with Crippen LogP contribution < -0.4 is 19.9 Å². The highest BCUT2D eigenvalue weighted by Gasteiger charge is 2.06. The summed E-state index contributed by atoms with van der Waals surface area (Å²) in [5, 5.41) is 18.0. The molecule has 0 unspecified atom stereocenters. The lowest BCUT2D eigenvalue weighted by atomic mass is 10.0. The Kier molecular flexibility index (Phi) is 8.40. The number of carbonyl (C=O) groups is 2. The fourth-order valence-corrected chi connectivity index (χ4v) is 4.30. The number of aliphatic carboxylic acids is 1. The molecule has 0 atom stereocenters. The third kappa shape index (κ3) is 6.75. The van der Waals surface area contributed by atoms with Gasteiger partial charge in [-0.15, -0.1) is 0 Å². The molecule has 4 aromatic rings. The van der Waals surface area contributed by atoms with Gasteiger partial charge in [0.2, 0.25) is 5.91 Å². The van der Waals surface area contributed by atoms with E-state index in [1.165, 1.54) is 12.5 Å². The average Bonchev–Trinajstić information content (AvgIpc) is 2.86. The van der Waals surface area contributed by atoms with Crippen molar-refractivity contribution in [2.24, 2.45) is 0 Å². The van der Waals surface area contributed by atoms with E-state index in [0.29, 0.717) is 19.8 Å². The largest absolute Gasteiger partial charge is 0.550 e. The van der Waals surface area contributed by atoms with Gasteiger partial charge in [-0.1, -0.05) is 48.5 Å². The van der Waals surface area contributed by atoms with Crippen molar-refractivity contribution in [2.75, 3.05) is 19.8 Å². The second kappa shape index (κ2) is 12.1. The van der Waals surface area contributed by atoms with E-state index in [4.69, 9.17) is 9.47 Å². The number of fused-ring (bicyclic) bond motifs is 2. The van der Waals surface area contributed by atoms with Gasteiger partial charge >= 0.3 is 0 Å². The van der Waals surface area contributed by atoms with Gasteiger partial charge in [0.05, 0.1) is 13.2 Å². The van der Waals surface area contributed by atoms with Gasteiger partial charge in [0.1, 0.15) is 11.5 Å². The predicted octanol–water partition coefficient (Wildman–Crippen LogP) is 4.20. The first-order valence-electron chi connectivity index (χ1n) is 12.2. The standard InChI is InChI=1S/C30H31NO5/c1-21(32)31-15-14-24-8-4-6-22-10-12-26(19-28(22)24)35-16-2-3-17-36-27-13-11-23-7-5-9-25(18-30(33)34)29(23)20-27/h4-13,19-20H,2-3,14-18H2,1H3,(H,31,32)(H,33,34)/p-1. The Hall–Kier alpha value is -4.06. The molecule has 0 heterocycles. The number of nitrogens with one attached hydrogen (secondary N) is 1. The summed E-state index contributed by atoms with van der Waals surface area (Å²) < 4.78 is 11.9. The molecule has 186 valence electrons. The molecule has 0 saturated heterocycles. The maximum absolute atomic E-state index is 11.2. The second-order valence-corrected chi connectivity index (χ2v) is 8.79. The van der Waals surface area contributed by atoms with Crippen LogP contribution in [0.5, 0.6) is 11.5 Å². The van der Waals surface area contributed by atoms with Crippen molar-refractivity contribution < 1.29 is 24.2 Å². The molecule has 0 saturated carbocycles. The minimum Gasteiger partial charge on any atom is -0.550 e. The summed E-state index contributed by atoms with van der Waals surface area (Å²) in [5.74, 6) is 0.423. The Bertz CT molecular complexity index is 1360. The molecule has 0 aromatic heterocycles. The molecule has 1 amide bonds. The molecule has 0 bridgehead atoms. The lowest BCUT2D eigenvalue weighted by molar-refractivity contribution is -0.304. The molecule has 6 nitrogen and oxygen atoms in total. The summed E-state index contributed by atoms with van der Waals surface area (Å²) in [5.41, 5.74) is 1.90. The van der Waals surface area contributed by atoms with Gasteiger partial charge in [-0.05, 0) is 76.2 Å².